The van der Waals surface area contributed by atoms with E-state index in [1.807, 2.05) is 65.4 Å². The third-order valence-electron chi connectivity index (χ3n) is 5.70. The van der Waals surface area contributed by atoms with Crippen molar-refractivity contribution in [2.24, 2.45) is 0 Å². The van der Waals surface area contributed by atoms with Crippen LogP contribution in [0.3, 0.4) is 0 Å². The zero-order valence-electron chi connectivity index (χ0n) is 25.0. The Morgan fingerprint density at radius 2 is 0.694 bits per heavy atom. The van der Waals surface area contributed by atoms with E-state index in [-0.39, 0.29) is 0 Å². The standard InChI is InChI=1S/C17H13I2NO3S.C16H13I2NO4S2/c18-15-6-1-13(2-7-15)5-10-17(21)20-24(22,23)12-11-14-3-8-16(19)9-4-14;17-15-5-1-13(2-6-15)9-11-24(20,21)19-25(22,23)12-10-14-3-7-16(18)8-4-14/h1-12H,(H,20,21);1-12,19H/b10-5+,12-11+;11-9-,12-10+. The second kappa shape index (κ2) is 19.6. The molecule has 2 N–H and O–H groups in total. The van der Waals surface area contributed by atoms with Crippen LogP contribution in [0.5, 0.6) is 0 Å². The minimum Gasteiger partial charge on any atom is -0.269 e. The van der Waals surface area contributed by atoms with Gasteiger partial charge in [-0.15, -0.1) is 4.13 Å². The van der Waals surface area contributed by atoms with E-state index < -0.39 is 36.0 Å². The summed E-state index contributed by atoms with van der Waals surface area (Å²) in [6.07, 6.45) is 6.85. The second-order valence-corrected chi connectivity index (χ2v) is 19.6. The molecule has 4 aromatic rings. The number of nitrogens with one attached hydrogen (secondary N) is 2. The maximum atomic E-state index is 11.9. The van der Waals surface area contributed by atoms with Crippen molar-refractivity contribution in [1.82, 2.24) is 8.85 Å². The van der Waals surface area contributed by atoms with Crippen molar-refractivity contribution in [3.63, 3.8) is 0 Å². The Bertz CT molecular complexity index is 2100. The number of amides is 1. The zero-order chi connectivity index (χ0) is 36.1. The SMILES string of the molecule is O=C(/C=C/c1ccc(I)cc1)NS(=O)(=O)/C=C/c1ccc(I)cc1.O=S(=O)(/C=C\c1ccc(I)cc1)NS(=O)(=O)/C=C/c1ccc(I)cc1. The maximum absolute atomic E-state index is 11.9. The van der Waals surface area contributed by atoms with Gasteiger partial charge in [0, 0.05) is 31.2 Å². The molecule has 0 unspecified atom stereocenters. The fourth-order valence-corrected chi connectivity index (χ4v) is 8.00. The van der Waals surface area contributed by atoms with Gasteiger partial charge in [-0.3, -0.25) is 4.79 Å². The minimum atomic E-state index is -4.13. The first kappa shape index (κ1) is 41.5. The fraction of sp³-hybridized carbons (Fsp3) is 0. The Morgan fingerprint density at radius 3 is 1.00 bits per heavy atom. The number of carbonyl (C=O) groups is 1. The lowest BCUT2D eigenvalue weighted by Crippen LogP contribution is -2.26. The van der Waals surface area contributed by atoms with Gasteiger partial charge in [0.25, 0.3) is 15.9 Å². The molecule has 1 amide bonds. The van der Waals surface area contributed by atoms with E-state index in [1.54, 1.807) is 46.6 Å². The fourth-order valence-electron chi connectivity index (χ4n) is 3.40. The molecule has 0 radical (unpaired) electrons. The van der Waals surface area contributed by atoms with Crippen molar-refractivity contribution in [1.29, 1.82) is 0 Å². The number of hydrogen-bond acceptors (Lipinski definition) is 7. The van der Waals surface area contributed by atoms with Crippen molar-refractivity contribution < 1.29 is 30.0 Å². The summed E-state index contributed by atoms with van der Waals surface area (Å²) in [5, 5.41) is 2.63. The number of halogens is 4. The molecule has 16 heteroatoms. The van der Waals surface area contributed by atoms with Crippen molar-refractivity contribution >= 4 is 151 Å². The largest absolute Gasteiger partial charge is 0.269 e. The first-order valence-electron chi connectivity index (χ1n) is 13.6. The van der Waals surface area contributed by atoms with Crippen LogP contribution in [-0.2, 0) is 34.9 Å². The molecule has 0 aliphatic heterocycles. The molecule has 9 nitrogen and oxygen atoms in total. The molecule has 0 aliphatic carbocycles. The topological polar surface area (TPSA) is 144 Å². The van der Waals surface area contributed by atoms with E-state index in [4.69, 9.17) is 0 Å². The Balaban J connectivity index is 0.000000266. The number of rotatable bonds is 11. The van der Waals surface area contributed by atoms with Gasteiger partial charge in [-0.05, 0) is 185 Å². The van der Waals surface area contributed by atoms with Gasteiger partial charge >= 0.3 is 0 Å². The quantitative estimate of drug-likeness (QED) is 0.115. The third kappa shape index (κ3) is 17.2. The van der Waals surface area contributed by atoms with E-state index in [0.29, 0.717) is 11.1 Å². The van der Waals surface area contributed by atoms with Crippen LogP contribution >= 0.6 is 90.4 Å². The summed E-state index contributed by atoms with van der Waals surface area (Å²) in [4.78, 5) is 11.7. The van der Waals surface area contributed by atoms with Gasteiger partial charge in [0.15, 0.2) is 0 Å². The number of sulfonamides is 3. The van der Waals surface area contributed by atoms with Gasteiger partial charge < -0.3 is 0 Å². The first-order valence-corrected chi connectivity index (χ1v) is 22.5. The van der Waals surface area contributed by atoms with Gasteiger partial charge in [-0.25, -0.2) is 30.0 Å². The summed E-state index contributed by atoms with van der Waals surface area (Å²) in [6, 6.07) is 29.0. The molecule has 49 heavy (non-hydrogen) atoms. The molecular formula is C33H26I4N2O7S3. The van der Waals surface area contributed by atoms with Gasteiger partial charge in [0.2, 0.25) is 20.0 Å². The lowest BCUT2D eigenvalue weighted by atomic mass is 10.2. The highest BCUT2D eigenvalue weighted by atomic mass is 127. The summed E-state index contributed by atoms with van der Waals surface area (Å²) >= 11 is 8.61. The third-order valence-corrected chi connectivity index (χ3v) is 12.4. The van der Waals surface area contributed by atoms with Crippen molar-refractivity contribution in [2.75, 3.05) is 0 Å². The smallest absolute Gasteiger partial charge is 0.257 e. The van der Waals surface area contributed by atoms with Crippen LogP contribution in [0.1, 0.15) is 22.3 Å². The molecule has 0 fully saturated rings. The van der Waals surface area contributed by atoms with Crippen LogP contribution < -0.4 is 8.85 Å². The number of carbonyl (C=O) groups excluding carboxylic acids is 1. The van der Waals surface area contributed by atoms with Crippen LogP contribution in [-0.4, -0.2) is 31.2 Å². The summed E-state index contributed by atoms with van der Waals surface area (Å²) in [5.74, 6) is -0.694. The average Bonchev–Trinajstić information content (AvgIpc) is 3.03. The van der Waals surface area contributed by atoms with Gasteiger partial charge in [-0.2, -0.15) is 0 Å². The Labute approximate surface area is 341 Å². The molecule has 0 saturated heterocycles. The highest BCUT2D eigenvalue weighted by Crippen LogP contribution is 2.12. The molecule has 4 rings (SSSR count). The molecular weight excluding hydrogens is 1140 g/mol. The van der Waals surface area contributed by atoms with Crippen LogP contribution in [0.2, 0.25) is 0 Å². The van der Waals surface area contributed by atoms with Crippen LogP contribution in [0.15, 0.2) is 119 Å². The van der Waals surface area contributed by atoms with Crippen LogP contribution in [0, 0.1) is 14.3 Å². The predicted octanol–water partition coefficient (Wildman–Crippen LogP) is 7.81. The average molecular weight is 1170 g/mol. The first-order chi connectivity index (χ1) is 23.0. The highest BCUT2D eigenvalue weighted by molar-refractivity contribution is 14.1. The lowest BCUT2D eigenvalue weighted by Gasteiger charge is -2.01. The minimum absolute atomic E-state index is 0.651. The molecule has 0 heterocycles. The molecule has 0 atom stereocenters. The van der Waals surface area contributed by atoms with Gasteiger partial charge in [0.1, 0.15) is 0 Å². The second-order valence-electron chi connectivity index (χ2n) is 9.63. The predicted molar refractivity (Wildman–Crippen MR) is 231 cm³/mol. The Morgan fingerprint density at radius 1 is 0.429 bits per heavy atom. The maximum Gasteiger partial charge on any atom is 0.257 e. The molecule has 0 spiro atoms. The summed E-state index contributed by atoms with van der Waals surface area (Å²) in [6.45, 7) is 0. The molecule has 0 bridgehead atoms. The molecule has 0 aliphatic rings. The Hall–Kier alpha value is -1.96. The molecule has 0 saturated carbocycles. The van der Waals surface area contributed by atoms with E-state index in [9.17, 15) is 30.0 Å². The lowest BCUT2D eigenvalue weighted by molar-refractivity contribution is -0.114. The van der Waals surface area contributed by atoms with Crippen LogP contribution in [0.4, 0.5) is 0 Å². The Kier molecular flexibility index (Phi) is 16.6. The van der Waals surface area contributed by atoms with Gasteiger partial charge in [-0.1, -0.05) is 48.5 Å². The van der Waals surface area contributed by atoms with E-state index >= 15 is 0 Å². The van der Waals surface area contributed by atoms with E-state index in [1.165, 1.54) is 24.3 Å². The molecule has 0 aromatic heterocycles. The van der Waals surface area contributed by atoms with Crippen molar-refractivity contribution in [2.45, 2.75) is 0 Å². The van der Waals surface area contributed by atoms with Crippen molar-refractivity contribution in [3.05, 3.63) is 156 Å². The normalized spacial score (nSPS) is 12.4. The van der Waals surface area contributed by atoms with E-state index in [0.717, 1.165) is 41.6 Å². The van der Waals surface area contributed by atoms with Crippen molar-refractivity contribution in [3.8, 4) is 0 Å². The summed E-state index contributed by atoms with van der Waals surface area (Å²) < 4.78 is 79.3. The summed E-state index contributed by atoms with van der Waals surface area (Å²) in [7, 11) is -12.1. The van der Waals surface area contributed by atoms with Crippen LogP contribution in [0.25, 0.3) is 24.3 Å². The summed E-state index contributed by atoms with van der Waals surface area (Å²) in [5.41, 5.74) is 2.86. The monoisotopic (exact) mass is 1170 g/mol. The molecule has 256 valence electrons. The zero-order valence-corrected chi connectivity index (χ0v) is 36.0. The number of benzene rings is 4. The highest BCUT2D eigenvalue weighted by Gasteiger charge is 2.15. The molecule has 4 aromatic carbocycles. The van der Waals surface area contributed by atoms with E-state index in [2.05, 4.69) is 90.4 Å². The van der Waals surface area contributed by atoms with Gasteiger partial charge in [0.05, 0.1) is 5.41 Å². The number of hydrogen-bond donors (Lipinski definition) is 2.